The molecule has 0 aliphatic carbocycles. The zero-order chi connectivity index (χ0) is 6.53. The van der Waals surface area contributed by atoms with Crippen molar-refractivity contribution in [1.29, 1.82) is 0 Å². The molecule has 0 bridgehead atoms. The first-order valence-corrected chi connectivity index (χ1v) is 3.56. The maximum Gasteiger partial charge on any atom is 0.0480 e. The van der Waals surface area contributed by atoms with Crippen LogP contribution in [0.5, 0.6) is 0 Å². The van der Waals surface area contributed by atoms with Gasteiger partial charge in [-0.3, -0.25) is 4.90 Å². The van der Waals surface area contributed by atoms with E-state index in [2.05, 4.69) is 10.2 Å². The standard InChI is InChI=1S/C6H15N3/c7-2-5-9-4-1-3-8-6-9/h8H,1-7H2. The van der Waals surface area contributed by atoms with Crippen LogP contribution in [0.25, 0.3) is 0 Å². The van der Waals surface area contributed by atoms with Crippen molar-refractivity contribution in [2.24, 2.45) is 5.73 Å². The van der Waals surface area contributed by atoms with Crippen LogP contribution < -0.4 is 11.1 Å². The molecule has 0 aromatic heterocycles. The Bertz CT molecular complexity index is 65.9. The van der Waals surface area contributed by atoms with Gasteiger partial charge in [0, 0.05) is 26.3 Å². The largest absolute Gasteiger partial charge is 0.329 e. The summed E-state index contributed by atoms with van der Waals surface area (Å²) >= 11 is 0. The number of nitrogens with two attached hydrogens (primary N) is 1. The van der Waals surface area contributed by atoms with E-state index in [-0.39, 0.29) is 0 Å². The van der Waals surface area contributed by atoms with Crippen LogP contribution in [0.3, 0.4) is 0 Å². The second kappa shape index (κ2) is 3.82. The number of hydrogen-bond acceptors (Lipinski definition) is 3. The average molecular weight is 129 g/mol. The van der Waals surface area contributed by atoms with Gasteiger partial charge in [-0.1, -0.05) is 0 Å². The van der Waals surface area contributed by atoms with Crippen molar-refractivity contribution < 1.29 is 0 Å². The Hall–Kier alpha value is -0.120. The summed E-state index contributed by atoms with van der Waals surface area (Å²) in [6.45, 7) is 5.22. The molecular formula is C6H15N3. The summed E-state index contributed by atoms with van der Waals surface area (Å²) in [5.74, 6) is 0. The summed E-state index contributed by atoms with van der Waals surface area (Å²) < 4.78 is 0. The lowest BCUT2D eigenvalue weighted by molar-refractivity contribution is 0.221. The Morgan fingerprint density at radius 2 is 2.44 bits per heavy atom. The van der Waals surface area contributed by atoms with Gasteiger partial charge in [0.05, 0.1) is 0 Å². The van der Waals surface area contributed by atoms with Gasteiger partial charge in [-0.2, -0.15) is 0 Å². The molecular weight excluding hydrogens is 114 g/mol. The lowest BCUT2D eigenvalue weighted by Gasteiger charge is -2.26. The minimum absolute atomic E-state index is 0.779. The first kappa shape index (κ1) is 6.99. The van der Waals surface area contributed by atoms with Gasteiger partial charge >= 0.3 is 0 Å². The Morgan fingerprint density at radius 1 is 1.56 bits per heavy atom. The van der Waals surface area contributed by atoms with E-state index in [1.807, 2.05) is 0 Å². The van der Waals surface area contributed by atoms with Crippen molar-refractivity contribution in [2.75, 3.05) is 32.8 Å². The minimum Gasteiger partial charge on any atom is -0.329 e. The summed E-state index contributed by atoms with van der Waals surface area (Å²) in [5, 5.41) is 3.29. The van der Waals surface area contributed by atoms with Crippen LogP contribution in [0.4, 0.5) is 0 Å². The monoisotopic (exact) mass is 129 g/mol. The zero-order valence-corrected chi connectivity index (χ0v) is 5.77. The smallest absolute Gasteiger partial charge is 0.0480 e. The molecule has 1 fully saturated rings. The first-order chi connectivity index (χ1) is 4.43. The first-order valence-electron chi connectivity index (χ1n) is 3.56. The van der Waals surface area contributed by atoms with Crippen LogP contribution >= 0.6 is 0 Å². The van der Waals surface area contributed by atoms with Gasteiger partial charge in [-0.25, -0.2) is 0 Å². The van der Waals surface area contributed by atoms with Gasteiger partial charge in [0.2, 0.25) is 0 Å². The average Bonchev–Trinajstić information content (AvgIpc) is 1.91. The maximum absolute atomic E-state index is 5.39. The van der Waals surface area contributed by atoms with Crippen LogP contribution in [0.15, 0.2) is 0 Å². The molecule has 0 radical (unpaired) electrons. The molecule has 1 rings (SSSR count). The molecule has 0 spiro atoms. The van der Waals surface area contributed by atoms with E-state index in [1.165, 1.54) is 19.5 Å². The lowest BCUT2D eigenvalue weighted by atomic mass is 10.3. The predicted molar refractivity (Wildman–Crippen MR) is 38.1 cm³/mol. The fourth-order valence-electron chi connectivity index (χ4n) is 1.12. The van der Waals surface area contributed by atoms with Crippen LogP contribution in [-0.4, -0.2) is 37.7 Å². The second-order valence-corrected chi connectivity index (χ2v) is 2.42. The van der Waals surface area contributed by atoms with E-state index in [9.17, 15) is 0 Å². The molecule has 1 aliphatic heterocycles. The second-order valence-electron chi connectivity index (χ2n) is 2.42. The summed E-state index contributed by atoms with van der Waals surface area (Å²) in [7, 11) is 0. The SMILES string of the molecule is NCCN1CCCNC1. The van der Waals surface area contributed by atoms with Crippen LogP contribution in [0.1, 0.15) is 6.42 Å². The summed E-state index contributed by atoms with van der Waals surface area (Å²) in [5.41, 5.74) is 5.39. The molecule has 0 atom stereocenters. The van der Waals surface area contributed by atoms with Crippen molar-refractivity contribution in [1.82, 2.24) is 10.2 Å². The molecule has 3 heteroatoms. The number of hydrogen-bond donors (Lipinski definition) is 2. The van der Waals surface area contributed by atoms with E-state index in [0.717, 1.165) is 19.8 Å². The highest BCUT2D eigenvalue weighted by atomic mass is 15.2. The van der Waals surface area contributed by atoms with E-state index < -0.39 is 0 Å². The maximum atomic E-state index is 5.39. The molecule has 1 heterocycles. The van der Waals surface area contributed by atoms with Crippen molar-refractivity contribution in [3.8, 4) is 0 Å². The van der Waals surface area contributed by atoms with Crippen molar-refractivity contribution in [3.63, 3.8) is 0 Å². The van der Waals surface area contributed by atoms with Gasteiger partial charge in [0.25, 0.3) is 0 Å². The van der Waals surface area contributed by atoms with E-state index in [4.69, 9.17) is 5.73 Å². The molecule has 0 unspecified atom stereocenters. The molecule has 0 saturated carbocycles. The fraction of sp³-hybridized carbons (Fsp3) is 1.00. The highest BCUT2D eigenvalue weighted by Gasteiger charge is 2.06. The van der Waals surface area contributed by atoms with Gasteiger partial charge in [0.15, 0.2) is 0 Å². The summed E-state index contributed by atoms with van der Waals surface area (Å²) in [4.78, 5) is 2.34. The molecule has 0 amide bonds. The quantitative estimate of drug-likeness (QED) is 0.513. The van der Waals surface area contributed by atoms with Gasteiger partial charge in [-0.05, 0) is 13.0 Å². The molecule has 3 nitrogen and oxygen atoms in total. The molecule has 1 aliphatic rings. The topological polar surface area (TPSA) is 41.3 Å². The van der Waals surface area contributed by atoms with Gasteiger partial charge in [-0.15, -0.1) is 0 Å². The number of nitrogens with one attached hydrogen (secondary N) is 1. The van der Waals surface area contributed by atoms with Crippen LogP contribution in [0, 0.1) is 0 Å². The molecule has 1 saturated heterocycles. The van der Waals surface area contributed by atoms with Gasteiger partial charge in [0.1, 0.15) is 0 Å². The highest BCUT2D eigenvalue weighted by molar-refractivity contribution is 4.63. The Morgan fingerprint density at radius 3 is 3.00 bits per heavy atom. The molecule has 9 heavy (non-hydrogen) atoms. The summed E-state index contributed by atoms with van der Waals surface area (Å²) in [6.07, 6.45) is 1.26. The molecule has 3 N–H and O–H groups in total. The van der Waals surface area contributed by atoms with Crippen molar-refractivity contribution >= 4 is 0 Å². The molecule has 54 valence electrons. The number of rotatable bonds is 2. The number of nitrogens with zero attached hydrogens (tertiary/aromatic N) is 1. The molecule has 0 aromatic rings. The van der Waals surface area contributed by atoms with Gasteiger partial charge < -0.3 is 11.1 Å². The van der Waals surface area contributed by atoms with E-state index >= 15 is 0 Å². The third kappa shape index (κ3) is 2.30. The highest BCUT2D eigenvalue weighted by Crippen LogP contribution is 1.92. The predicted octanol–water partition coefficient (Wildman–Crippen LogP) is -0.802. The third-order valence-electron chi connectivity index (χ3n) is 1.61. The van der Waals surface area contributed by atoms with Crippen LogP contribution in [0.2, 0.25) is 0 Å². The normalized spacial score (nSPS) is 22.3. The van der Waals surface area contributed by atoms with Crippen molar-refractivity contribution in [3.05, 3.63) is 0 Å². The lowest BCUT2D eigenvalue weighted by Crippen LogP contribution is -2.43. The van der Waals surface area contributed by atoms with E-state index in [0.29, 0.717) is 0 Å². The van der Waals surface area contributed by atoms with Crippen LogP contribution in [-0.2, 0) is 0 Å². The fourth-order valence-corrected chi connectivity index (χ4v) is 1.12. The minimum atomic E-state index is 0.779. The Labute approximate surface area is 56.2 Å². The van der Waals surface area contributed by atoms with Crippen molar-refractivity contribution in [2.45, 2.75) is 6.42 Å². The summed E-state index contributed by atoms with van der Waals surface area (Å²) in [6, 6.07) is 0. The Kier molecular flexibility index (Phi) is 2.97. The third-order valence-corrected chi connectivity index (χ3v) is 1.61. The zero-order valence-electron chi connectivity index (χ0n) is 5.77. The molecule has 0 aromatic carbocycles. The van der Waals surface area contributed by atoms with E-state index in [1.54, 1.807) is 0 Å². The Balaban J connectivity index is 2.08.